The van der Waals surface area contributed by atoms with Crippen LogP contribution in [0.2, 0.25) is 0 Å². The maximum absolute atomic E-state index is 12.8. The first-order chi connectivity index (χ1) is 12.4. The SMILES string of the molecule is C[C@H](Oc1nccc(CNC(=O)NCCC2(C(F)(F)F)CC2)n1)C(F)(F)F. The summed E-state index contributed by atoms with van der Waals surface area (Å²) in [5.41, 5.74) is -1.52. The summed E-state index contributed by atoms with van der Waals surface area (Å²) in [5, 5.41) is 4.67. The molecule has 12 heteroatoms. The molecule has 0 saturated heterocycles. The quantitative estimate of drug-likeness (QED) is 0.689. The molecule has 2 N–H and O–H groups in total. The second kappa shape index (κ2) is 7.77. The zero-order chi connectivity index (χ0) is 20.3. The van der Waals surface area contributed by atoms with Crippen molar-refractivity contribution in [3.8, 4) is 6.01 Å². The Morgan fingerprint density at radius 3 is 2.48 bits per heavy atom. The molecule has 1 aliphatic carbocycles. The van der Waals surface area contributed by atoms with Crippen molar-refractivity contribution >= 4 is 6.03 Å². The molecule has 2 amide bonds. The van der Waals surface area contributed by atoms with E-state index in [-0.39, 0.29) is 38.0 Å². The first kappa shape index (κ1) is 21.0. The highest BCUT2D eigenvalue weighted by Crippen LogP contribution is 2.59. The average molecular weight is 400 g/mol. The van der Waals surface area contributed by atoms with Crippen LogP contribution in [0.5, 0.6) is 6.01 Å². The van der Waals surface area contributed by atoms with Gasteiger partial charge in [0, 0.05) is 12.7 Å². The first-order valence-corrected chi connectivity index (χ1v) is 8.07. The van der Waals surface area contributed by atoms with Crippen LogP contribution < -0.4 is 15.4 Å². The molecule has 152 valence electrons. The van der Waals surface area contributed by atoms with Crippen LogP contribution in [0.1, 0.15) is 31.9 Å². The van der Waals surface area contributed by atoms with Crippen LogP contribution in [-0.2, 0) is 6.54 Å². The fraction of sp³-hybridized carbons (Fsp3) is 0.667. The molecular weight excluding hydrogens is 382 g/mol. The Labute approximate surface area is 150 Å². The van der Waals surface area contributed by atoms with Gasteiger partial charge in [-0.3, -0.25) is 0 Å². The zero-order valence-electron chi connectivity index (χ0n) is 14.2. The van der Waals surface area contributed by atoms with Gasteiger partial charge in [0.2, 0.25) is 0 Å². The van der Waals surface area contributed by atoms with Gasteiger partial charge in [0.1, 0.15) is 0 Å². The van der Waals surface area contributed by atoms with Crippen molar-refractivity contribution in [2.24, 2.45) is 5.41 Å². The summed E-state index contributed by atoms with van der Waals surface area (Å²) in [6.07, 6.45) is -9.89. The Morgan fingerprint density at radius 1 is 1.26 bits per heavy atom. The van der Waals surface area contributed by atoms with Gasteiger partial charge in [-0.05, 0) is 32.3 Å². The Kier molecular flexibility index (Phi) is 6.05. The topological polar surface area (TPSA) is 76.1 Å². The van der Waals surface area contributed by atoms with Gasteiger partial charge in [-0.25, -0.2) is 9.78 Å². The Balaban J connectivity index is 1.76. The predicted molar refractivity (Wildman–Crippen MR) is 80.8 cm³/mol. The van der Waals surface area contributed by atoms with Gasteiger partial charge in [0.15, 0.2) is 6.10 Å². The number of hydrogen-bond acceptors (Lipinski definition) is 4. The molecule has 0 bridgehead atoms. The molecule has 0 spiro atoms. The maximum Gasteiger partial charge on any atom is 0.425 e. The van der Waals surface area contributed by atoms with E-state index < -0.39 is 35.9 Å². The molecule has 1 atom stereocenters. The minimum absolute atomic E-state index is 0.0554. The van der Waals surface area contributed by atoms with Crippen LogP contribution >= 0.6 is 0 Å². The molecule has 1 fully saturated rings. The average Bonchev–Trinajstić information content (AvgIpc) is 3.33. The second-order valence-electron chi connectivity index (χ2n) is 6.27. The molecule has 1 heterocycles. The van der Waals surface area contributed by atoms with Crippen molar-refractivity contribution < 1.29 is 35.9 Å². The molecule has 0 aliphatic heterocycles. The summed E-state index contributed by atoms with van der Waals surface area (Å²) in [6, 6.07) is 0.145. The summed E-state index contributed by atoms with van der Waals surface area (Å²) in [7, 11) is 0. The molecule has 2 rings (SSSR count). The van der Waals surface area contributed by atoms with Crippen LogP contribution in [0.15, 0.2) is 12.3 Å². The molecule has 1 aromatic rings. The number of nitrogens with zero attached hydrogens (tertiary/aromatic N) is 2. The Morgan fingerprint density at radius 2 is 1.93 bits per heavy atom. The Hall–Kier alpha value is -2.27. The monoisotopic (exact) mass is 400 g/mol. The highest BCUT2D eigenvalue weighted by Gasteiger charge is 2.62. The van der Waals surface area contributed by atoms with Crippen LogP contribution in [0.25, 0.3) is 0 Å². The smallest absolute Gasteiger partial charge is 0.425 e. The lowest BCUT2D eigenvalue weighted by molar-refractivity contribution is -0.190. The first-order valence-electron chi connectivity index (χ1n) is 8.07. The molecular formula is C15H18F6N4O2. The lowest BCUT2D eigenvalue weighted by atomic mass is 10.0. The lowest BCUT2D eigenvalue weighted by Gasteiger charge is -2.19. The number of rotatable bonds is 7. The third-order valence-electron chi connectivity index (χ3n) is 4.21. The highest BCUT2D eigenvalue weighted by atomic mass is 19.4. The van der Waals surface area contributed by atoms with E-state index in [1.807, 2.05) is 0 Å². The molecule has 1 aliphatic rings. The van der Waals surface area contributed by atoms with E-state index in [9.17, 15) is 31.1 Å². The molecule has 0 aromatic carbocycles. The summed E-state index contributed by atoms with van der Waals surface area (Å²) in [5.74, 6) is 0. The minimum Gasteiger partial charge on any atom is -0.451 e. The molecule has 1 saturated carbocycles. The van der Waals surface area contributed by atoms with Crippen LogP contribution in [0, 0.1) is 5.41 Å². The fourth-order valence-electron chi connectivity index (χ4n) is 2.23. The number of carbonyl (C=O) groups is 1. The van der Waals surface area contributed by atoms with Crippen molar-refractivity contribution in [3.05, 3.63) is 18.0 Å². The third kappa shape index (κ3) is 5.86. The van der Waals surface area contributed by atoms with E-state index in [4.69, 9.17) is 0 Å². The molecule has 0 radical (unpaired) electrons. The molecule has 27 heavy (non-hydrogen) atoms. The number of aromatic nitrogens is 2. The third-order valence-corrected chi connectivity index (χ3v) is 4.21. The van der Waals surface area contributed by atoms with Gasteiger partial charge in [-0.1, -0.05) is 0 Å². The second-order valence-corrected chi connectivity index (χ2v) is 6.27. The maximum atomic E-state index is 12.8. The molecule has 6 nitrogen and oxygen atoms in total. The minimum atomic E-state index is -4.58. The number of hydrogen-bond donors (Lipinski definition) is 2. The van der Waals surface area contributed by atoms with E-state index in [1.165, 1.54) is 12.3 Å². The molecule has 1 aromatic heterocycles. The van der Waals surface area contributed by atoms with Crippen LogP contribution in [0.4, 0.5) is 31.1 Å². The lowest BCUT2D eigenvalue weighted by Crippen LogP contribution is -2.38. The summed E-state index contributed by atoms with van der Waals surface area (Å²) < 4.78 is 80.2. The van der Waals surface area contributed by atoms with E-state index >= 15 is 0 Å². The largest absolute Gasteiger partial charge is 0.451 e. The predicted octanol–water partition coefficient (Wildman–Crippen LogP) is 3.34. The highest BCUT2D eigenvalue weighted by molar-refractivity contribution is 5.73. The fourth-order valence-corrected chi connectivity index (χ4v) is 2.23. The number of carbonyl (C=O) groups excluding carboxylic acids is 1. The van der Waals surface area contributed by atoms with E-state index in [0.29, 0.717) is 0 Å². The number of ether oxygens (including phenoxy) is 1. The van der Waals surface area contributed by atoms with Gasteiger partial charge in [0.05, 0.1) is 17.7 Å². The summed E-state index contributed by atoms with van der Waals surface area (Å²) >= 11 is 0. The van der Waals surface area contributed by atoms with Gasteiger partial charge < -0.3 is 15.4 Å². The van der Waals surface area contributed by atoms with E-state index in [1.54, 1.807) is 0 Å². The number of halogens is 6. The molecule has 0 unspecified atom stereocenters. The van der Waals surface area contributed by atoms with Crippen molar-refractivity contribution in [1.82, 2.24) is 20.6 Å². The summed E-state index contributed by atoms with van der Waals surface area (Å²) in [6.45, 7) is 0.497. The summed E-state index contributed by atoms with van der Waals surface area (Å²) in [4.78, 5) is 18.9. The van der Waals surface area contributed by atoms with E-state index in [2.05, 4.69) is 25.3 Å². The van der Waals surface area contributed by atoms with Crippen molar-refractivity contribution in [2.45, 2.75) is 51.2 Å². The van der Waals surface area contributed by atoms with Gasteiger partial charge in [-0.2, -0.15) is 31.3 Å². The van der Waals surface area contributed by atoms with Gasteiger partial charge in [0.25, 0.3) is 0 Å². The van der Waals surface area contributed by atoms with Gasteiger partial charge >= 0.3 is 24.4 Å². The standard InChI is InChI=1S/C15H18F6N4O2/c1-9(14(16,17)18)27-12-23-6-2-10(25-12)8-24-11(26)22-7-5-13(3-4-13)15(19,20)21/h2,6,9H,3-5,7-8H2,1H3,(H2,22,24,26)/t9-/m0/s1. The number of nitrogens with one attached hydrogen (secondary N) is 2. The number of urea groups is 1. The van der Waals surface area contributed by atoms with E-state index in [0.717, 1.165) is 6.92 Å². The van der Waals surface area contributed by atoms with Gasteiger partial charge in [-0.15, -0.1) is 0 Å². The Bertz CT molecular complexity index is 660. The normalized spacial score (nSPS) is 17.1. The zero-order valence-corrected chi connectivity index (χ0v) is 14.2. The van der Waals surface area contributed by atoms with Crippen molar-refractivity contribution in [3.63, 3.8) is 0 Å². The number of amides is 2. The van der Waals surface area contributed by atoms with Crippen molar-refractivity contribution in [2.75, 3.05) is 6.54 Å². The van der Waals surface area contributed by atoms with Crippen molar-refractivity contribution in [1.29, 1.82) is 0 Å². The number of alkyl halides is 6. The van der Waals surface area contributed by atoms with Crippen LogP contribution in [-0.4, -0.2) is 41.0 Å². The van der Waals surface area contributed by atoms with Crippen LogP contribution in [0.3, 0.4) is 0 Å².